The van der Waals surface area contributed by atoms with Gasteiger partial charge in [0.15, 0.2) is 11.9 Å². The molecule has 2 aromatic rings. The van der Waals surface area contributed by atoms with E-state index in [4.69, 9.17) is 23.7 Å². The lowest BCUT2D eigenvalue weighted by atomic mass is 9.73. The van der Waals surface area contributed by atoms with Crippen molar-refractivity contribution in [3.63, 3.8) is 0 Å². The summed E-state index contributed by atoms with van der Waals surface area (Å²) >= 11 is 0. The van der Waals surface area contributed by atoms with E-state index in [2.05, 4.69) is 9.97 Å². The highest BCUT2D eigenvalue weighted by Gasteiger charge is 2.60. The molecule has 58 heavy (non-hydrogen) atoms. The number of esters is 1. The van der Waals surface area contributed by atoms with Gasteiger partial charge in [0.1, 0.15) is 18.0 Å². The van der Waals surface area contributed by atoms with Gasteiger partial charge in [-0.15, -0.1) is 0 Å². The Hall–Kier alpha value is -3.47. The maximum absolute atomic E-state index is 14.7. The molecule has 324 valence electrons. The fourth-order valence-corrected chi connectivity index (χ4v) is 9.58. The number of Topliss-reactive ketones (excluding diaryl/α,β-unsaturated/α-hetero) is 1. The van der Waals surface area contributed by atoms with E-state index in [9.17, 15) is 24.6 Å². The smallest absolute Gasteiger partial charge is 0.410 e. The lowest BCUT2D eigenvalue weighted by Crippen LogP contribution is -2.60. The van der Waals surface area contributed by atoms with Crippen LogP contribution in [-0.4, -0.2) is 140 Å². The van der Waals surface area contributed by atoms with Crippen LogP contribution in [0.1, 0.15) is 87.5 Å². The quantitative estimate of drug-likeness (QED) is 0.236. The molecular weight excluding hydrogens is 746 g/mol. The molecule has 0 bridgehead atoms. The van der Waals surface area contributed by atoms with Gasteiger partial charge < -0.3 is 48.3 Å². The van der Waals surface area contributed by atoms with Crippen LogP contribution >= 0.6 is 0 Å². The molecule has 3 aliphatic rings. The Morgan fingerprint density at radius 3 is 2.36 bits per heavy atom. The molecule has 1 unspecified atom stereocenters. The van der Waals surface area contributed by atoms with Crippen molar-refractivity contribution in [1.29, 1.82) is 0 Å². The summed E-state index contributed by atoms with van der Waals surface area (Å²) in [6.07, 6.45) is 3.55. The number of nitrogens with zero attached hydrogens (tertiary/aromatic N) is 5. The number of hydrogen-bond donors (Lipinski definition) is 2. The number of aromatic nitrogens is 3. The van der Waals surface area contributed by atoms with Crippen molar-refractivity contribution < 1.29 is 48.3 Å². The van der Waals surface area contributed by atoms with Crippen molar-refractivity contribution in [2.24, 2.45) is 23.7 Å². The van der Waals surface area contributed by atoms with Crippen LogP contribution in [0, 0.1) is 23.7 Å². The number of aryl methyl sites for hydroxylation is 1. The fourth-order valence-electron chi connectivity index (χ4n) is 9.58. The summed E-state index contributed by atoms with van der Waals surface area (Å²) in [6.45, 7) is 15.3. The van der Waals surface area contributed by atoms with Gasteiger partial charge in [-0.05, 0) is 86.0 Å². The van der Waals surface area contributed by atoms with Crippen LogP contribution in [0.15, 0.2) is 37.1 Å². The van der Waals surface area contributed by atoms with Crippen LogP contribution in [0.4, 0.5) is 4.79 Å². The highest BCUT2D eigenvalue weighted by molar-refractivity contribution is 5.85. The fraction of sp³-hybridized carbons (Fsp3) is 0.744. The molecule has 5 heterocycles. The van der Waals surface area contributed by atoms with Crippen LogP contribution in [0.2, 0.25) is 0 Å². The van der Waals surface area contributed by atoms with Gasteiger partial charge in [0.05, 0.1) is 47.9 Å². The van der Waals surface area contributed by atoms with E-state index in [1.54, 1.807) is 44.4 Å². The van der Waals surface area contributed by atoms with E-state index in [1.807, 2.05) is 76.5 Å². The number of ether oxygens (including phenoxy) is 5. The molecule has 0 aliphatic carbocycles. The maximum atomic E-state index is 14.7. The molecule has 0 saturated carbocycles. The number of carbonyl (C=O) groups is 3. The third-order valence-corrected chi connectivity index (χ3v) is 13.0. The first-order chi connectivity index (χ1) is 27.4. The topological polar surface area (TPSA) is 175 Å². The molecule has 1 amide bonds. The van der Waals surface area contributed by atoms with Gasteiger partial charge in [0.2, 0.25) is 0 Å². The number of fused-ring (bicyclic) bond motifs is 1. The van der Waals surface area contributed by atoms with Crippen LogP contribution in [0.25, 0.3) is 11.3 Å². The zero-order valence-electron chi connectivity index (χ0n) is 36.2. The molecule has 0 aromatic carbocycles. The number of aliphatic hydroxyl groups excluding tert-OH is 2. The van der Waals surface area contributed by atoms with Crippen molar-refractivity contribution in [2.75, 3.05) is 27.7 Å². The Kier molecular flexibility index (Phi) is 14.8. The van der Waals surface area contributed by atoms with Crippen LogP contribution in [0.5, 0.6) is 0 Å². The van der Waals surface area contributed by atoms with E-state index in [-0.39, 0.29) is 24.3 Å². The summed E-state index contributed by atoms with van der Waals surface area (Å²) in [5.74, 6) is -3.93. The predicted octanol–water partition coefficient (Wildman–Crippen LogP) is 4.72. The first-order valence-corrected chi connectivity index (χ1v) is 20.9. The number of likely N-dealkylation sites (N-methyl/N-ethyl adjacent to an activating group) is 1. The normalized spacial score (nSPS) is 38.0. The Labute approximate surface area is 343 Å². The van der Waals surface area contributed by atoms with Crippen molar-refractivity contribution >= 4 is 17.8 Å². The Bertz CT molecular complexity index is 1690. The first-order valence-electron chi connectivity index (χ1n) is 20.9. The molecule has 3 aliphatic heterocycles. The summed E-state index contributed by atoms with van der Waals surface area (Å²) in [5.41, 5.74) is -0.837. The number of imidazole rings is 1. The second-order valence-corrected chi connectivity index (χ2v) is 17.5. The number of pyridine rings is 1. The molecule has 15 heteroatoms. The minimum Gasteiger partial charge on any atom is -0.458 e. The number of cyclic esters (lactones) is 1. The molecule has 3 fully saturated rings. The minimum atomic E-state index is -1.37. The SMILES string of the molecule is CCC1OC(=O)[C@H](C)[C@@H](O)[C@H](C)[C@@H](O[C@@H]2O[C@H](C)C[C@H](N(C)C)[C@H]2O)[C@](C)(OC)C[C@@H](C)C(=O)[C@H](C)[C@H]2N(CCCCn3cnc(-c4cccnc4)c3)C(=O)O[C@]12C. The zero-order valence-corrected chi connectivity index (χ0v) is 36.2. The molecule has 15 nitrogen and oxygen atoms in total. The molecule has 5 rings (SSSR count). The Morgan fingerprint density at radius 2 is 1.72 bits per heavy atom. The maximum Gasteiger partial charge on any atom is 0.410 e. The second-order valence-electron chi connectivity index (χ2n) is 17.5. The molecule has 2 N–H and O–H groups in total. The van der Waals surface area contributed by atoms with Gasteiger partial charge in [0, 0.05) is 68.1 Å². The number of hydrogen-bond acceptors (Lipinski definition) is 13. The zero-order chi connectivity index (χ0) is 42.7. The molecule has 2 aromatic heterocycles. The van der Waals surface area contributed by atoms with Gasteiger partial charge >= 0.3 is 12.1 Å². The lowest BCUT2D eigenvalue weighted by molar-refractivity contribution is -0.301. The van der Waals surface area contributed by atoms with E-state index >= 15 is 0 Å². The molecule has 0 spiro atoms. The van der Waals surface area contributed by atoms with Gasteiger partial charge in [-0.3, -0.25) is 14.6 Å². The van der Waals surface area contributed by atoms with Gasteiger partial charge in [-0.25, -0.2) is 9.78 Å². The van der Waals surface area contributed by atoms with Gasteiger partial charge in [-0.2, -0.15) is 0 Å². The summed E-state index contributed by atoms with van der Waals surface area (Å²) in [4.78, 5) is 54.9. The van der Waals surface area contributed by atoms with Crippen LogP contribution in [0.3, 0.4) is 0 Å². The van der Waals surface area contributed by atoms with Crippen molar-refractivity contribution in [3.05, 3.63) is 37.1 Å². The van der Waals surface area contributed by atoms with Gasteiger partial charge in [0.25, 0.3) is 0 Å². The van der Waals surface area contributed by atoms with E-state index < -0.39 is 83.7 Å². The lowest BCUT2D eigenvalue weighted by Gasteiger charge is -2.48. The second kappa shape index (κ2) is 18.8. The van der Waals surface area contributed by atoms with E-state index in [0.29, 0.717) is 32.4 Å². The summed E-state index contributed by atoms with van der Waals surface area (Å²) in [7, 11) is 5.30. The number of carbonyl (C=O) groups excluding carboxylic acids is 3. The number of amides is 1. The van der Waals surface area contributed by atoms with Crippen molar-refractivity contribution in [3.8, 4) is 11.3 Å². The number of aliphatic hydroxyl groups is 2. The van der Waals surface area contributed by atoms with Crippen LogP contribution in [-0.2, 0) is 39.8 Å². The highest BCUT2D eigenvalue weighted by atomic mass is 16.7. The van der Waals surface area contributed by atoms with E-state index in [1.165, 1.54) is 7.11 Å². The number of rotatable bonds is 11. The predicted molar refractivity (Wildman–Crippen MR) is 215 cm³/mol. The largest absolute Gasteiger partial charge is 0.458 e. The third kappa shape index (κ3) is 9.44. The monoisotopic (exact) mass is 813 g/mol. The third-order valence-electron chi connectivity index (χ3n) is 13.0. The molecule has 3 saturated heterocycles. The minimum absolute atomic E-state index is 0.127. The van der Waals surface area contributed by atoms with E-state index in [0.717, 1.165) is 17.7 Å². The van der Waals surface area contributed by atoms with Gasteiger partial charge in [-0.1, -0.05) is 27.7 Å². The number of unbranched alkanes of at least 4 members (excludes halogenated alkanes) is 1. The van der Waals surface area contributed by atoms with Crippen LogP contribution < -0.4 is 0 Å². The summed E-state index contributed by atoms with van der Waals surface area (Å²) in [5, 5.41) is 23.4. The Balaban J connectivity index is 1.43. The first kappa shape index (κ1) is 45.6. The number of ketones is 1. The average Bonchev–Trinajstić information content (AvgIpc) is 3.78. The molecule has 0 radical (unpaired) electrons. The summed E-state index contributed by atoms with van der Waals surface area (Å²) in [6, 6.07) is 2.80. The molecule has 14 atom stereocenters. The van der Waals surface area contributed by atoms with Crippen molar-refractivity contribution in [2.45, 2.75) is 154 Å². The standard InChI is InChI=1S/C43H67N5O10/c1-12-33-43(8)37(48(41(53)58-43)19-14-13-18-47-23-31(45-24-47)30-16-15-17-44-22-30)27(4)34(49)25(2)21-42(7,54-11)38(28(5)35(50)29(6)39(52)56-33)57-40-36(51)32(46(9)10)20-26(3)55-40/h15-17,22-29,32-33,35-38,40,50-51H,12-14,18-21H2,1-11H3/t25-,26-,27+,28+,29-,32+,33?,35+,36-,37-,38-,40+,42-,43-/m1/s1. The Morgan fingerprint density at radius 1 is 1.02 bits per heavy atom. The highest BCUT2D eigenvalue weighted by Crippen LogP contribution is 2.43. The average molecular weight is 814 g/mol. The number of methoxy groups -OCH3 is 1. The molecular formula is C43H67N5O10. The van der Waals surface area contributed by atoms with Crippen molar-refractivity contribution in [1.82, 2.24) is 24.3 Å². The summed E-state index contributed by atoms with van der Waals surface area (Å²) < 4.78 is 33.4.